The first-order valence-electron chi connectivity index (χ1n) is 3.76. The molecule has 0 amide bonds. The van der Waals surface area contributed by atoms with Crippen molar-refractivity contribution in [3.8, 4) is 0 Å². The molecule has 2 N–H and O–H groups in total. The third kappa shape index (κ3) is 3.50. The van der Waals surface area contributed by atoms with E-state index in [9.17, 15) is 9.90 Å². The van der Waals surface area contributed by atoms with Crippen molar-refractivity contribution in [2.75, 3.05) is 6.61 Å². The second kappa shape index (κ2) is 4.90. The summed E-state index contributed by atoms with van der Waals surface area (Å²) in [4.78, 5) is 10.6. The summed E-state index contributed by atoms with van der Waals surface area (Å²) in [6.45, 7) is 4.38. The van der Waals surface area contributed by atoms with Crippen LogP contribution >= 0.6 is 0 Å². The molecule has 1 unspecified atom stereocenters. The SMILES string of the molecule is C=CC(=O)OC(O)(CO)CCC. The molecule has 1 atom stereocenters. The van der Waals surface area contributed by atoms with Crippen LogP contribution in [0, 0.1) is 0 Å². The molecule has 0 radical (unpaired) electrons. The van der Waals surface area contributed by atoms with Crippen molar-refractivity contribution in [3.05, 3.63) is 12.7 Å². The van der Waals surface area contributed by atoms with Gasteiger partial charge < -0.3 is 14.9 Å². The number of esters is 1. The summed E-state index contributed by atoms with van der Waals surface area (Å²) in [7, 11) is 0. The molecule has 0 bridgehead atoms. The van der Waals surface area contributed by atoms with Crippen LogP contribution in [-0.2, 0) is 9.53 Å². The Morgan fingerprint density at radius 3 is 2.67 bits per heavy atom. The second-order valence-corrected chi connectivity index (χ2v) is 2.48. The van der Waals surface area contributed by atoms with Crippen LogP contribution in [0.3, 0.4) is 0 Å². The lowest BCUT2D eigenvalue weighted by Gasteiger charge is -2.24. The van der Waals surface area contributed by atoms with Crippen LogP contribution in [0.4, 0.5) is 0 Å². The minimum absolute atomic E-state index is 0.211. The first-order chi connectivity index (χ1) is 5.58. The third-order valence-electron chi connectivity index (χ3n) is 1.34. The quantitative estimate of drug-likeness (QED) is 0.355. The summed E-state index contributed by atoms with van der Waals surface area (Å²) >= 11 is 0. The maximum absolute atomic E-state index is 10.6. The molecule has 70 valence electrons. The van der Waals surface area contributed by atoms with Gasteiger partial charge in [0.1, 0.15) is 6.61 Å². The van der Waals surface area contributed by atoms with Crippen LogP contribution in [0.1, 0.15) is 19.8 Å². The molecule has 0 aromatic carbocycles. The zero-order valence-corrected chi connectivity index (χ0v) is 7.12. The molecule has 0 aliphatic rings. The van der Waals surface area contributed by atoms with Crippen LogP contribution in [0.25, 0.3) is 0 Å². The molecule has 0 saturated carbocycles. The molecular formula is C8H14O4. The van der Waals surface area contributed by atoms with E-state index in [1.165, 1.54) is 0 Å². The Bertz CT molecular complexity index is 166. The fraction of sp³-hybridized carbons (Fsp3) is 0.625. The molecule has 4 nitrogen and oxygen atoms in total. The average molecular weight is 174 g/mol. The molecule has 0 heterocycles. The summed E-state index contributed by atoms with van der Waals surface area (Å²) in [5.74, 6) is -2.49. The topological polar surface area (TPSA) is 66.8 Å². The van der Waals surface area contributed by atoms with E-state index in [1.54, 1.807) is 0 Å². The maximum atomic E-state index is 10.6. The Hall–Kier alpha value is -0.870. The third-order valence-corrected chi connectivity index (χ3v) is 1.34. The van der Waals surface area contributed by atoms with Gasteiger partial charge in [-0.15, -0.1) is 0 Å². The van der Waals surface area contributed by atoms with E-state index in [4.69, 9.17) is 5.11 Å². The maximum Gasteiger partial charge on any atom is 0.332 e. The lowest BCUT2D eigenvalue weighted by Crippen LogP contribution is -2.38. The largest absolute Gasteiger partial charge is 0.428 e. The zero-order valence-electron chi connectivity index (χ0n) is 7.12. The fourth-order valence-electron chi connectivity index (χ4n) is 0.782. The lowest BCUT2D eigenvalue weighted by atomic mass is 10.1. The van der Waals surface area contributed by atoms with Gasteiger partial charge in [-0.1, -0.05) is 13.5 Å². The van der Waals surface area contributed by atoms with Crippen molar-refractivity contribution in [2.24, 2.45) is 0 Å². The molecule has 0 aliphatic carbocycles. The Morgan fingerprint density at radius 2 is 2.33 bits per heavy atom. The highest BCUT2D eigenvalue weighted by atomic mass is 16.7. The molecule has 0 aromatic heterocycles. The first-order valence-corrected chi connectivity index (χ1v) is 3.76. The van der Waals surface area contributed by atoms with Crippen molar-refractivity contribution in [1.82, 2.24) is 0 Å². The minimum atomic E-state index is -1.75. The molecule has 0 aliphatic heterocycles. The van der Waals surface area contributed by atoms with Gasteiger partial charge in [0.05, 0.1) is 0 Å². The summed E-state index contributed by atoms with van der Waals surface area (Å²) in [5.41, 5.74) is 0. The Morgan fingerprint density at radius 1 is 1.75 bits per heavy atom. The van der Waals surface area contributed by atoms with Gasteiger partial charge in [0.15, 0.2) is 0 Å². The van der Waals surface area contributed by atoms with E-state index in [2.05, 4.69) is 11.3 Å². The number of hydrogen-bond donors (Lipinski definition) is 2. The van der Waals surface area contributed by atoms with E-state index in [0.717, 1.165) is 6.08 Å². The van der Waals surface area contributed by atoms with Gasteiger partial charge >= 0.3 is 5.97 Å². The van der Waals surface area contributed by atoms with Crippen molar-refractivity contribution in [2.45, 2.75) is 25.6 Å². The van der Waals surface area contributed by atoms with Gasteiger partial charge in [-0.25, -0.2) is 4.79 Å². The van der Waals surface area contributed by atoms with Gasteiger partial charge in [0.2, 0.25) is 5.79 Å². The highest BCUT2D eigenvalue weighted by molar-refractivity contribution is 5.81. The molecule has 0 saturated heterocycles. The normalized spacial score (nSPS) is 14.9. The van der Waals surface area contributed by atoms with E-state index in [-0.39, 0.29) is 6.42 Å². The molecule has 0 aromatic rings. The Labute approximate surface area is 71.5 Å². The van der Waals surface area contributed by atoms with Crippen LogP contribution in [-0.4, -0.2) is 28.6 Å². The molecule has 12 heavy (non-hydrogen) atoms. The van der Waals surface area contributed by atoms with Crippen molar-refractivity contribution in [3.63, 3.8) is 0 Å². The van der Waals surface area contributed by atoms with E-state index >= 15 is 0 Å². The van der Waals surface area contributed by atoms with Gasteiger partial charge in [-0.2, -0.15) is 0 Å². The number of carbonyl (C=O) groups excluding carboxylic acids is 1. The van der Waals surface area contributed by atoms with Crippen molar-refractivity contribution in [1.29, 1.82) is 0 Å². The molecule has 4 heteroatoms. The number of ether oxygens (including phenoxy) is 1. The Balaban J connectivity index is 4.12. The summed E-state index contributed by atoms with van der Waals surface area (Å²) < 4.78 is 4.53. The van der Waals surface area contributed by atoms with Crippen LogP contribution in [0.5, 0.6) is 0 Å². The average Bonchev–Trinajstić information content (AvgIpc) is 2.05. The molecule has 0 fully saturated rings. The predicted molar refractivity (Wildman–Crippen MR) is 43.2 cm³/mol. The van der Waals surface area contributed by atoms with Crippen LogP contribution < -0.4 is 0 Å². The number of hydrogen-bond acceptors (Lipinski definition) is 4. The highest BCUT2D eigenvalue weighted by Crippen LogP contribution is 2.13. The van der Waals surface area contributed by atoms with Crippen LogP contribution in [0.2, 0.25) is 0 Å². The van der Waals surface area contributed by atoms with Gasteiger partial charge in [0, 0.05) is 12.5 Å². The van der Waals surface area contributed by atoms with Crippen molar-refractivity contribution >= 4 is 5.97 Å². The molecular weight excluding hydrogens is 160 g/mol. The summed E-state index contributed by atoms with van der Waals surface area (Å²) in [6, 6.07) is 0. The smallest absolute Gasteiger partial charge is 0.332 e. The predicted octanol–water partition coefficient (Wildman–Crippen LogP) is 0.197. The summed E-state index contributed by atoms with van der Waals surface area (Å²) in [6.07, 6.45) is 1.76. The van der Waals surface area contributed by atoms with Crippen molar-refractivity contribution < 1.29 is 19.7 Å². The van der Waals surface area contributed by atoms with E-state index in [0.29, 0.717) is 6.42 Å². The monoisotopic (exact) mass is 174 g/mol. The summed E-state index contributed by atoms with van der Waals surface area (Å²) in [5, 5.41) is 18.1. The van der Waals surface area contributed by atoms with Gasteiger partial charge in [-0.3, -0.25) is 0 Å². The zero-order chi connectivity index (χ0) is 9.61. The second-order valence-electron chi connectivity index (χ2n) is 2.48. The van der Waals surface area contributed by atoms with Gasteiger partial charge in [0.25, 0.3) is 0 Å². The van der Waals surface area contributed by atoms with E-state index in [1.807, 2.05) is 6.92 Å². The number of carbonyl (C=O) groups is 1. The first kappa shape index (κ1) is 11.1. The molecule has 0 rings (SSSR count). The number of rotatable bonds is 5. The fourth-order valence-corrected chi connectivity index (χ4v) is 0.782. The lowest BCUT2D eigenvalue weighted by molar-refractivity contribution is -0.221. The van der Waals surface area contributed by atoms with Crippen LogP contribution in [0.15, 0.2) is 12.7 Å². The highest BCUT2D eigenvalue weighted by Gasteiger charge is 2.28. The van der Waals surface area contributed by atoms with Gasteiger partial charge in [-0.05, 0) is 6.42 Å². The van der Waals surface area contributed by atoms with E-state index < -0.39 is 18.4 Å². The number of aliphatic hydroxyl groups is 2. The minimum Gasteiger partial charge on any atom is -0.428 e. The standard InChI is InChI=1S/C8H14O4/c1-3-5-8(11,6-9)12-7(10)4-2/h4,9,11H,2-3,5-6H2,1H3. The number of aliphatic hydroxyl groups excluding tert-OH is 1. The molecule has 0 spiro atoms. The Kier molecular flexibility index (Phi) is 4.54.